The Bertz CT molecular complexity index is 739. The number of carbonyl (C=O) groups excluding carboxylic acids is 1. The van der Waals surface area contributed by atoms with Crippen molar-refractivity contribution in [1.82, 2.24) is 25.1 Å². The number of hydrogen-bond donors (Lipinski definition) is 2. The van der Waals surface area contributed by atoms with Crippen LogP contribution in [0, 0.1) is 13.8 Å². The van der Waals surface area contributed by atoms with Gasteiger partial charge in [0.15, 0.2) is 0 Å². The fourth-order valence-corrected chi connectivity index (χ4v) is 2.43. The van der Waals surface area contributed by atoms with Gasteiger partial charge in [-0.1, -0.05) is 0 Å². The third-order valence-corrected chi connectivity index (χ3v) is 3.97. The van der Waals surface area contributed by atoms with Crippen LogP contribution in [0.15, 0.2) is 12.4 Å². The molecule has 9 heteroatoms. The highest BCUT2D eigenvalue weighted by Crippen LogP contribution is 2.28. The summed E-state index contributed by atoms with van der Waals surface area (Å²) in [6.07, 6.45) is 4.28. The molecule has 24 heavy (non-hydrogen) atoms. The first-order valence-corrected chi connectivity index (χ1v) is 7.59. The Morgan fingerprint density at radius 2 is 2.12 bits per heavy atom. The third-order valence-electron chi connectivity index (χ3n) is 3.97. The number of likely N-dealkylation sites (tertiary alicyclic amines) is 1. The average Bonchev–Trinajstić information content (AvgIpc) is 3.01. The molecule has 0 saturated carbocycles. The van der Waals surface area contributed by atoms with Gasteiger partial charge in [-0.2, -0.15) is 5.10 Å². The van der Waals surface area contributed by atoms with E-state index < -0.39 is 24.9 Å². The molecule has 128 valence electrons. The van der Waals surface area contributed by atoms with Gasteiger partial charge in [-0.15, -0.1) is 0 Å². The van der Waals surface area contributed by atoms with E-state index in [1.807, 2.05) is 6.92 Å². The molecule has 0 aliphatic carbocycles. The van der Waals surface area contributed by atoms with Crippen LogP contribution < -0.4 is 5.32 Å². The summed E-state index contributed by atoms with van der Waals surface area (Å²) >= 11 is 0. The summed E-state index contributed by atoms with van der Waals surface area (Å²) in [5, 5.41) is 9.78. The normalized spacial score (nSPS) is 15.9. The fourth-order valence-electron chi connectivity index (χ4n) is 2.43. The van der Waals surface area contributed by atoms with Gasteiger partial charge in [0.2, 0.25) is 5.82 Å². The van der Waals surface area contributed by atoms with E-state index >= 15 is 0 Å². The SMILES string of the molecule is Cc1nc(C(=O)N2CC(F)(F)C2)nc(NCCc2cn[nH]c2)c1C. The van der Waals surface area contributed by atoms with Crippen LogP contribution in [-0.2, 0) is 6.42 Å². The Morgan fingerprint density at radius 3 is 2.75 bits per heavy atom. The summed E-state index contributed by atoms with van der Waals surface area (Å²) in [5.74, 6) is -2.89. The van der Waals surface area contributed by atoms with Gasteiger partial charge < -0.3 is 10.2 Å². The van der Waals surface area contributed by atoms with Crippen molar-refractivity contribution < 1.29 is 13.6 Å². The lowest BCUT2D eigenvalue weighted by Gasteiger charge is -2.38. The van der Waals surface area contributed by atoms with Crippen molar-refractivity contribution >= 4 is 11.7 Å². The highest BCUT2D eigenvalue weighted by molar-refractivity contribution is 5.91. The molecule has 1 amide bonds. The van der Waals surface area contributed by atoms with Gasteiger partial charge in [-0.05, 0) is 25.8 Å². The number of aryl methyl sites for hydroxylation is 1. The van der Waals surface area contributed by atoms with Crippen molar-refractivity contribution in [2.24, 2.45) is 0 Å². The molecule has 1 fully saturated rings. The van der Waals surface area contributed by atoms with Crippen LogP contribution in [0.4, 0.5) is 14.6 Å². The van der Waals surface area contributed by atoms with E-state index in [0.717, 1.165) is 22.4 Å². The summed E-state index contributed by atoms with van der Waals surface area (Å²) in [6.45, 7) is 3.06. The van der Waals surface area contributed by atoms with Crippen LogP contribution in [0.5, 0.6) is 0 Å². The number of H-pyrrole nitrogens is 1. The van der Waals surface area contributed by atoms with Crippen molar-refractivity contribution in [2.75, 3.05) is 25.0 Å². The van der Waals surface area contributed by atoms with Gasteiger partial charge in [0.25, 0.3) is 11.8 Å². The number of nitrogens with one attached hydrogen (secondary N) is 2. The zero-order chi connectivity index (χ0) is 17.3. The average molecular weight is 336 g/mol. The zero-order valence-electron chi connectivity index (χ0n) is 13.4. The third kappa shape index (κ3) is 3.34. The van der Waals surface area contributed by atoms with Gasteiger partial charge in [-0.25, -0.2) is 18.7 Å². The lowest BCUT2D eigenvalue weighted by atomic mass is 10.1. The van der Waals surface area contributed by atoms with Gasteiger partial charge in [0.05, 0.1) is 19.3 Å². The number of carbonyl (C=O) groups is 1. The molecule has 1 aliphatic heterocycles. The lowest BCUT2D eigenvalue weighted by Crippen LogP contribution is -2.58. The van der Waals surface area contributed by atoms with Crippen LogP contribution in [0.2, 0.25) is 0 Å². The molecule has 3 heterocycles. The highest BCUT2D eigenvalue weighted by Gasteiger charge is 2.47. The smallest absolute Gasteiger partial charge is 0.292 e. The van der Waals surface area contributed by atoms with Gasteiger partial charge in [0, 0.05) is 24.0 Å². The zero-order valence-corrected chi connectivity index (χ0v) is 13.4. The number of amides is 1. The molecular weight excluding hydrogens is 318 g/mol. The molecule has 0 unspecified atom stereocenters. The standard InChI is InChI=1S/C15H18F2N6O/c1-9-10(2)21-13(14(24)23-7-15(16,17)8-23)22-12(9)18-4-3-11-5-19-20-6-11/h5-6H,3-4,7-8H2,1-2H3,(H,19,20)(H,18,21,22). The maximum absolute atomic E-state index is 12.9. The predicted molar refractivity (Wildman–Crippen MR) is 83.1 cm³/mol. The van der Waals surface area contributed by atoms with E-state index in [-0.39, 0.29) is 5.82 Å². The number of anilines is 1. The minimum absolute atomic E-state index is 0.0561. The molecule has 1 saturated heterocycles. The van der Waals surface area contributed by atoms with E-state index in [2.05, 4.69) is 25.5 Å². The number of aromatic nitrogens is 4. The molecule has 0 bridgehead atoms. The molecular formula is C15H18F2N6O. The van der Waals surface area contributed by atoms with Crippen LogP contribution >= 0.6 is 0 Å². The summed E-state index contributed by atoms with van der Waals surface area (Å²) < 4.78 is 25.9. The summed E-state index contributed by atoms with van der Waals surface area (Å²) in [5.41, 5.74) is 2.52. The maximum Gasteiger partial charge on any atom is 0.292 e. The van der Waals surface area contributed by atoms with Crippen LogP contribution in [0.1, 0.15) is 27.4 Å². The Balaban J connectivity index is 1.70. The fraction of sp³-hybridized carbons (Fsp3) is 0.467. The van der Waals surface area contributed by atoms with Crippen LogP contribution in [-0.4, -0.2) is 56.5 Å². The highest BCUT2D eigenvalue weighted by atomic mass is 19.3. The first kappa shape index (κ1) is 16.3. The number of rotatable bonds is 5. The van der Waals surface area contributed by atoms with Crippen molar-refractivity contribution in [3.05, 3.63) is 35.0 Å². The minimum Gasteiger partial charge on any atom is -0.369 e. The molecule has 0 aromatic carbocycles. The van der Waals surface area contributed by atoms with Gasteiger partial charge in [-0.3, -0.25) is 9.89 Å². The van der Waals surface area contributed by atoms with Crippen LogP contribution in [0.3, 0.4) is 0 Å². The number of aromatic amines is 1. The molecule has 1 aliphatic rings. The van der Waals surface area contributed by atoms with E-state index in [0.29, 0.717) is 18.1 Å². The Labute approximate surface area is 137 Å². The second kappa shape index (κ2) is 6.14. The number of nitrogens with zero attached hydrogens (tertiary/aromatic N) is 4. The minimum atomic E-state index is -2.80. The predicted octanol–water partition coefficient (Wildman–Crippen LogP) is 1.56. The van der Waals surface area contributed by atoms with E-state index in [9.17, 15) is 13.6 Å². The molecule has 0 radical (unpaired) electrons. The van der Waals surface area contributed by atoms with Crippen molar-refractivity contribution in [3.63, 3.8) is 0 Å². The van der Waals surface area contributed by atoms with E-state index in [1.54, 1.807) is 19.3 Å². The maximum atomic E-state index is 12.9. The van der Waals surface area contributed by atoms with E-state index in [4.69, 9.17) is 0 Å². The van der Waals surface area contributed by atoms with Crippen molar-refractivity contribution in [3.8, 4) is 0 Å². The molecule has 2 aromatic rings. The molecule has 2 aromatic heterocycles. The van der Waals surface area contributed by atoms with Crippen molar-refractivity contribution in [2.45, 2.75) is 26.2 Å². The Morgan fingerprint density at radius 1 is 1.38 bits per heavy atom. The summed E-state index contributed by atoms with van der Waals surface area (Å²) in [7, 11) is 0. The van der Waals surface area contributed by atoms with E-state index in [1.165, 1.54) is 0 Å². The Kier molecular flexibility index (Phi) is 4.16. The molecule has 2 N–H and O–H groups in total. The first-order valence-electron chi connectivity index (χ1n) is 7.59. The molecule has 3 rings (SSSR count). The molecule has 0 spiro atoms. The summed E-state index contributed by atoms with van der Waals surface area (Å²) in [4.78, 5) is 21.6. The topological polar surface area (TPSA) is 86.8 Å². The van der Waals surface area contributed by atoms with Crippen LogP contribution in [0.25, 0.3) is 0 Å². The number of alkyl halides is 2. The van der Waals surface area contributed by atoms with Gasteiger partial charge in [0.1, 0.15) is 5.82 Å². The monoisotopic (exact) mass is 336 g/mol. The summed E-state index contributed by atoms with van der Waals surface area (Å²) in [6, 6.07) is 0. The second-order valence-corrected chi connectivity index (χ2v) is 5.91. The second-order valence-electron chi connectivity index (χ2n) is 5.91. The van der Waals surface area contributed by atoms with Crippen molar-refractivity contribution in [1.29, 1.82) is 0 Å². The molecule has 7 nitrogen and oxygen atoms in total. The number of halogens is 2. The molecule has 0 atom stereocenters. The largest absolute Gasteiger partial charge is 0.369 e. The van der Waals surface area contributed by atoms with Gasteiger partial charge >= 0.3 is 0 Å². The number of hydrogen-bond acceptors (Lipinski definition) is 5. The lowest BCUT2D eigenvalue weighted by molar-refractivity contribution is -0.113. The first-order chi connectivity index (χ1) is 11.4. The Hall–Kier alpha value is -2.58. The quantitative estimate of drug-likeness (QED) is 0.865.